The van der Waals surface area contributed by atoms with Gasteiger partial charge in [0.15, 0.2) is 0 Å². The average molecular weight is 191 g/mol. The highest BCUT2D eigenvalue weighted by atomic mass is 32.2. The van der Waals surface area contributed by atoms with Crippen molar-refractivity contribution >= 4 is 10.2 Å². The summed E-state index contributed by atoms with van der Waals surface area (Å²) in [6.07, 6.45) is 1.60. The van der Waals surface area contributed by atoms with E-state index in [1.54, 1.807) is 18.3 Å². The number of nitrogens with one attached hydrogen (secondary N) is 1. The van der Waals surface area contributed by atoms with Crippen LogP contribution in [0.25, 0.3) is 0 Å². The predicted molar refractivity (Wildman–Crippen MR) is 44.4 cm³/mol. The largest absolute Gasteiger partial charge is 0.329 e. The summed E-state index contributed by atoms with van der Waals surface area (Å²) in [7, 11) is -3.67. The molecule has 0 spiro atoms. The molecule has 0 aliphatic heterocycles. The van der Waals surface area contributed by atoms with Crippen LogP contribution in [-0.2, 0) is 10.2 Å². The van der Waals surface area contributed by atoms with Gasteiger partial charge in [-0.15, -0.1) is 0 Å². The fourth-order valence-corrected chi connectivity index (χ4v) is 0.377. The van der Waals surface area contributed by atoms with Crippen LogP contribution in [0.1, 0.15) is 0 Å². The Hall–Kier alpha value is -1.18. The predicted octanol–water partition coefficient (Wildman–Crippen LogP) is -1.48. The molecule has 0 atom stereocenters. The van der Waals surface area contributed by atoms with Crippen molar-refractivity contribution in [2.24, 2.45) is 10.3 Å². The first-order chi connectivity index (χ1) is 5.39. The Morgan fingerprint density at radius 1 is 1.25 bits per heavy atom. The summed E-state index contributed by atoms with van der Waals surface area (Å²) >= 11 is 0. The minimum absolute atomic E-state index is 0.0532. The lowest BCUT2D eigenvalue weighted by molar-refractivity contribution is 0.599. The topological polar surface area (TPSA) is 119 Å². The zero-order valence-electron chi connectivity index (χ0n) is 6.10. The third kappa shape index (κ3) is 11.6. The molecule has 0 saturated carbocycles. The SMILES string of the molecule is NS(N)(=O)=O.O=c1cccc[nH]1. The molecule has 1 aromatic rings. The van der Waals surface area contributed by atoms with E-state index in [4.69, 9.17) is 0 Å². The lowest BCUT2D eigenvalue weighted by Crippen LogP contribution is -2.21. The zero-order chi connectivity index (χ0) is 9.61. The molecule has 1 rings (SSSR count). The molecule has 0 radical (unpaired) electrons. The standard InChI is InChI=1S/C5H5NO.H4N2O2S/c7-5-3-1-2-4-6-5;1-5(2,3)4/h1-4H,(H,6,7);(H4,1,2,3,4). The second-order valence-electron chi connectivity index (χ2n) is 1.82. The molecule has 0 fully saturated rings. The molecule has 1 heterocycles. The van der Waals surface area contributed by atoms with Gasteiger partial charge in [-0.1, -0.05) is 6.07 Å². The van der Waals surface area contributed by atoms with Crippen molar-refractivity contribution in [2.45, 2.75) is 0 Å². The van der Waals surface area contributed by atoms with Gasteiger partial charge in [0, 0.05) is 12.3 Å². The molecule has 0 saturated heterocycles. The molecule has 7 heteroatoms. The molecule has 5 N–H and O–H groups in total. The summed E-state index contributed by atoms with van der Waals surface area (Å²) in [5, 5.41) is 8.21. The first kappa shape index (κ1) is 10.8. The number of pyridine rings is 1. The summed E-state index contributed by atoms with van der Waals surface area (Å²) < 4.78 is 18.4. The van der Waals surface area contributed by atoms with Crippen molar-refractivity contribution < 1.29 is 8.42 Å². The minimum atomic E-state index is -3.67. The van der Waals surface area contributed by atoms with Gasteiger partial charge in [0.05, 0.1) is 0 Å². The van der Waals surface area contributed by atoms with Crippen molar-refractivity contribution in [3.05, 3.63) is 34.7 Å². The van der Waals surface area contributed by atoms with Gasteiger partial charge in [-0.2, -0.15) is 8.42 Å². The number of aromatic amines is 1. The van der Waals surface area contributed by atoms with E-state index < -0.39 is 10.2 Å². The highest BCUT2D eigenvalue weighted by molar-refractivity contribution is 7.86. The molecule has 0 unspecified atom stereocenters. The molecule has 0 amide bonds. The van der Waals surface area contributed by atoms with Crippen LogP contribution in [0.4, 0.5) is 0 Å². The Morgan fingerprint density at radius 3 is 1.92 bits per heavy atom. The van der Waals surface area contributed by atoms with E-state index in [-0.39, 0.29) is 5.56 Å². The van der Waals surface area contributed by atoms with Crippen molar-refractivity contribution in [1.29, 1.82) is 0 Å². The van der Waals surface area contributed by atoms with Gasteiger partial charge in [-0.3, -0.25) is 4.79 Å². The third-order valence-corrected chi connectivity index (χ3v) is 0.681. The fourth-order valence-electron chi connectivity index (χ4n) is 0.377. The summed E-state index contributed by atoms with van der Waals surface area (Å²) in [5.74, 6) is 0. The molecular formula is C5H9N3O3S. The molecule has 0 aliphatic carbocycles. The smallest absolute Gasteiger partial charge is 0.271 e. The van der Waals surface area contributed by atoms with Crippen molar-refractivity contribution in [1.82, 2.24) is 4.98 Å². The van der Waals surface area contributed by atoms with E-state index in [1.807, 2.05) is 0 Å². The number of aromatic nitrogens is 1. The maximum atomic E-state index is 10.2. The van der Waals surface area contributed by atoms with E-state index >= 15 is 0 Å². The number of nitrogens with two attached hydrogens (primary N) is 2. The van der Waals surface area contributed by atoms with E-state index in [9.17, 15) is 13.2 Å². The Bertz CT molecular complexity index is 344. The summed E-state index contributed by atoms with van der Waals surface area (Å²) in [4.78, 5) is 12.7. The molecule has 0 aromatic carbocycles. The van der Waals surface area contributed by atoms with Gasteiger partial charge >= 0.3 is 0 Å². The van der Waals surface area contributed by atoms with E-state index in [1.165, 1.54) is 6.07 Å². The van der Waals surface area contributed by atoms with Crippen molar-refractivity contribution in [3.8, 4) is 0 Å². The van der Waals surface area contributed by atoms with Gasteiger partial charge in [-0.25, -0.2) is 10.3 Å². The molecule has 0 aliphatic rings. The van der Waals surface area contributed by atoms with Crippen LogP contribution < -0.4 is 15.8 Å². The van der Waals surface area contributed by atoms with Crippen LogP contribution in [0.2, 0.25) is 0 Å². The quantitative estimate of drug-likeness (QED) is 0.464. The van der Waals surface area contributed by atoms with E-state index in [0.29, 0.717) is 0 Å². The van der Waals surface area contributed by atoms with Crippen LogP contribution >= 0.6 is 0 Å². The van der Waals surface area contributed by atoms with Gasteiger partial charge in [0.1, 0.15) is 0 Å². The Labute approximate surface area is 69.4 Å². The second kappa shape index (κ2) is 4.65. The lowest BCUT2D eigenvalue weighted by atomic mass is 10.5. The lowest BCUT2D eigenvalue weighted by Gasteiger charge is -1.73. The van der Waals surface area contributed by atoms with E-state index in [2.05, 4.69) is 15.3 Å². The van der Waals surface area contributed by atoms with E-state index in [0.717, 1.165) is 0 Å². The summed E-state index contributed by atoms with van der Waals surface area (Å²) in [5.41, 5.74) is -0.0532. The van der Waals surface area contributed by atoms with Gasteiger partial charge in [-0.05, 0) is 6.07 Å². The molecule has 68 valence electrons. The number of rotatable bonds is 0. The Morgan fingerprint density at radius 2 is 1.75 bits per heavy atom. The Balaban J connectivity index is 0.000000217. The molecule has 0 bridgehead atoms. The van der Waals surface area contributed by atoms with Crippen molar-refractivity contribution in [2.75, 3.05) is 0 Å². The fraction of sp³-hybridized carbons (Fsp3) is 0. The number of hydrogen-bond acceptors (Lipinski definition) is 3. The minimum Gasteiger partial charge on any atom is -0.329 e. The highest BCUT2D eigenvalue weighted by Crippen LogP contribution is 1.67. The molecule has 12 heavy (non-hydrogen) atoms. The molecular weight excluding hydrogens is 182 g/mol. The number of H-pyrrole nitrogens is 1. The van der Waals surface area contributed by atoms with Gasteiger partial charge < -0.3 is 4.98 Å². The zero-order valence-corrected chi connectivity index (χ0v) is 6.91. The first-order valence-corrected chi connectivity index (χ1v) is 4.45. The van der Waals surface area contributed by atoms with Crippen LogP contribution in [0.3, 0.4) is 0 Å². The van der Waals surface area contributed by atoms with Crippen molar-refractivity contribution in [3.63, 3.8) is 0 Å². The Kier molecular flexibility index (Phi) is 4.19. The third-order valence-electron chi connectivity index (χ3n) is 0.681. The van der Waals surface area contributed by atoms with Crippen LogP contribution in [0, 0.1) is 0 Å². The molecule has 6 nitrogen and oxygen atoms in total. The second-order valence-corrected chi connectivity index (χ2v) is 2.99. The summed E-state index contributed by atoms with van der Waals surface area (Å²) in [6.45, 7) is 0. The van der Waals surface area contributed by atoms with Crippen LogP contribution in [-0.4, -0.2) is 13.4 Å². The van der Waals surface area contributed by atoms with Gasteiger partial charge in [0.25, 0.3) is 10.2 Å². The monoisotopic (exact) mass is 191 g/mol. The number of hydrogen-bond donors (Lipinski definition) is 3. The molecule has 1 aromatic heterocycles. The van der Waals surface area contributed by atoms with Crippen LogP contribution in [0.15, 0.2) is 29.2 Å². The normalized spacial score (nSPS) is 9.83. The highest BCUT2D eigenvalue weighted by Gasteiger charge is 1.78. The first-order valence-electron chi connectivity index (χ1n) is 2.84. The maximum Gasteiger partial charge on any atom is 0.271 e. The summed E-state index contributed by atoms with van der Waals surface area (Å²) in [6, 6.07) is 4.93. The van der Waals surface area contributed by atoms with Gasteiger partial charge in [0.2, 0.25) is 5.56 Å². The van der Waals surface area contributed by atoms with Crippen LogP contribution in [0.5, 0.6) is 0 Å². The average Bonchev–Trinajstić information content (AvgIpc) is 1.85. The maximum absolute atomic E-state index is 10.2.